The molecule has 2 heterocycles. The van der Waals surface area contributed by atoms with Crippen molar-refractivity contribution in [2.45, 2.75) is 6.10 Å². The van der Waals surface area contributed by atoms with Gasteiger partial charge in [0.2, 0.25) is 0 Å². The van der Waals surface area contributed by atoms with Gasteiger partial charge in [-0.2, -0.15) is 10.4 Å². The summed E-state index contributed by atoms with van der Waals surface area (Å²) in [5.41, 5.74) is 2.74. The molecule has 7 nitrogen and oxygen atoms in total. The van der Waals surface area contributed by atoms with Crippen LogP contribution in [-0.4, -0.2) is 46.4 Å². The number of carbonyl (C=O) groups is 1. The second-order valence-corrected chi connectivity index (χ2v) is 5.37. The van der Waals surface area contributed by atoms with Crippen LogP contribution in [0.2, 0.25) is 0 Å². The molecular formula is C16H17N5O2. The van der Waals surface area contributed by atoms with E-state index in [1.54, 1.807) is 10.9 Å². The van der Waals surface area contributed by atoms with E-state index in [0.717, 1.165) is 11.1 Å². The lowest BCUT2D eigenvalue weighted by atomic mass is 10.1. The van der Waals surface area contributed by atoms with Crippen molar-refractivity contribution in [3.05, 3.63) is 36.7 Å². The predicted octanol–water partition coefficient (Wildman–Crippen LogP) is 1.21. The largest absolute Gasteiger partial charge is 0.365 e. The fourth-order valence-corrected chi connectivity index (χ4v) is 2.44. The van der Waals surface area contributed by atoms with E-state index in [2.05, 4.69) is 10.4 Å². The van der Waals surface area contributed by atoms with Crippen molar-refractivity contribution in [2.75, 3.05) is 25.0 Å². The van der Waals surface area contributed by atoms with Crippen molar-refractivity contribution in [1.29, 1.82) is 5.26 Å². The molecule has 23 heavy (non-hydrogen) atoms. The zero-order chi connectivity index (χ0) is 16.2. The van der Waals surface area contributed by atoms with Crippen LogP contribution < -0.4 is 5.32 Å². The van der Waals surface area contributed by atoms with Gasteiger partial charge in [-0.25, -0.2) is 0 Å². The molecule has 1 aliphatic heterocycles. The van der Waals surface area contributed by atoms with Gasteiger partial charge in [0.15, 0.2) is 12.3 Å². The van der Waals surface area contributed by atoms with Crippen molar-refractivity contribution in [1.82, 2.24) is 14.7 Å². The number of anilines is 1. The van der Waals surface area contributed by atoms with Gasteiger partial charge < -0.3 is 15.0 Å². The van der Waals surface area contributed by atoms with Gasteiger partial charge in [0.25, 0.3) is 5.91 Å². The third-order valence-corrected chi connectivity index (χ3v) is 3.69. The lowest BCUT2D eigenvalue weighted by Gasteiger charge is -2.28. The summed E-state index contributed by atoms with van der Waals surface area (Å²) in [4.78, 5) is 13.7. The van der Waals surface area contributed by atoms with E-state index < -0.39 is 6.10 Å². The minimum absolute atomic E-state index is 0.237. The first-order valence-corrected chi connectivity index (χ1v) is 7.32. The Balaban J connectivity index is 1.64. The number of amides is 1. The molecule has 118 valence electrons. The molecule has 0 bridgehead atoms. The number of ether oxygens (including phenoxy) is 1. The molecule has 1 N–H and O–H groups in total. The normalized spacial score (nSPS) is 17.6. The first-order valence-electron chi connectivity index (χ1n) is 7.32. The number of nitrogens with zero attached hydrogens (tertiary/aromatic N) is 4. The van der Waals surface area contributed by atoms with Crippen molar-refractivity contribution in [3.63, 3.8) is 0 Å². The van der Waals surface area contributed by atoms with Crippen molar-refractivity contribution >= 4 is 11.6 Å². The summed E-state index contributed by atoms with van der Waals surface area (Å²) in [6.07, 6.45) is 5.14. The highest BCUT2D eigenvalue weighted by atomic mass is 16.5. The molecule has 3 rings (SSSR count). The molecule has 2 aromatic rings. The SMILES string of the molecule is Cn1cc(-c2ccc(NC(=O)C3CN(C#N)CCO3)cc2)cn1. The molecule has 0 radical (unpaired) electrons. The number of benzene rings is 1. The average Bonchev–Trinajstić information content (AvgIpc) is 3.02. The van der Waals surface area contributed by atoms with E-state index in [1.165, 1.54) is 4.90 Å². The quantitative estimate of drug-likeness (QED) is 0.861. The number of aryl methyl sites for hydroxylation is 1. The van der Waals surface area contributed by atoms with Crippen molar-refractivity contribution in [3.8, 4) is 17.3 Å². The van der Waals surface area contributed by atoms with Gasteiger partial charge in [-0.05, 0) is 17.7 Å². The number of hydrogen-bond acceptors (Lipinski definition) is 5. The molecule has 1 saturated heterocycles. The topological polar surface area (TPSA) is 83.2 Å². The van der Waals surface area contributed by atoms with Crippen LogP contribution in [-0.2, 0) is 16.6 Å². The van der Waals surface area contributed by atoms with Gasteiger partial charge in [0.1, 0.15) is 0 Å². The van der Waals surface area contributed by atoms with Crippen LogP contribution in [0.15, 0.2) is 36.7 Å². The highest BCUT2D eigenvalue weighted by Gasteiger charge is 2.26. The Hall–Kier alpha value is -2.85. The van der Waals surface area contributed by atoms with E-state index in [4.69, 9.17) is 10.00 Å². The molecule has 7 heteroatoms. The number of nitriles is 1. The predicted molar refractivity (Wildman–Crippen MR) is 84.2 cm³/mol. The standard InChI is InChI=1S/C16H17N5O2/c1-20-9-13(8-18-20)12-2-4-14(5-3-12)19-16(22)15-10-21(11-17)6-7-23-15/h2-5,8-9,15H,6-7,10H2,1H3,(H,19,22). The molecule has 0 aliphatic carbocycles. The van der Waals surface area contributed by atoms with E-state index in [1.807, 2.05) is 43.7 Å². The minimum Gasteiger partial charge on any atom is -0.365 e. The molecule has 1 amide bonds. The second-order valence-electron chi connectivity index (χ2n) is 5.37. The summed E-state index contributed by atoms with van der Waals surface area (Å²) in [7, 11) is 1.87. The Labute approximate surface area is 134 Å². The highest BCUT2D eigenvalue weighted by Crippen LogP contribution is 2.21. The van der Waals surface area contributed by atoms with Gasteiger partial charge in [0.05, 0.1) is 25.9 Å². The number of nitrogens with one attached hydrogen (secondary N) is 1. The summed E-state index contributed by atoms with van der Waals surface area (Å²) in [5.74, 6) is -0.237. The summed E-state index contributed by atoms with van der Waals surface area (Å²) in [6, 6.07) is 7.53. The number of aromatic nitrogens is 2. The molecule has 1 aromatic carbocycles. The van der Waals surface area contributed by atoms with E-state index in [-0.39, 0.29) is 12.5 Å². The number of rotatable bonds is 3. The molecule has 1 atom stereocenters. The Morgan fingerprint density at radius 3 is 2.83 bits per heavy atom. The Morgan fingerprint density at radius 2 is 2.17 bits per heavy atom. The number of carbonyl (C=O) groups excluding carboxylic acids is 1. The molecule has 1 unspecified atom stereocenters. The van der Waals surface area contributed by atoms with Crippen molar-refractivity contribution in [2.24, 2.45) is 7.05 Å². The third-order valence-electron chi connectivity index (χ3n) is 3.69. The van der Waals surface area contributed by atoms with Crippen LogP contribution in [0.25, 0.3) is 11.1 Å². The second kappa shape index (κ2) is 6.50. The van der Waals surface area contributed by atoms with Gasteiger partial charge >= 0.3 is 0 Å². The number of morpholine rings is 1. The van der Waals surface area contributed by atoms with E-state index in [0.29, 0.717) is 18.8 Å². The fraction of sp³-hybridized carbons (Fsp3) is 0.312. The Kier molecular flexibility index (Phi) is 4.26. The van der Waals surface area contributed by atoms with Gasteiger partial charge in [0, 0.05) is 24.5 Å². The Bertz CT molecular complexity index is 732. The molecule has 1 fully saturated rings. The number of hydrogen-bond donors (Lipinski definition) is 1. The van der Waals surface area contributed by atoms with Crippen LogP contribution in [0.1, 0.15) is 0 Å². The van der Waals surface area contributed by atoms with Crippen LogP contribution >= 0.6 is 0 Å². The third kappa shape index (κ3) is 3.49. The Morgan fingerprint density at radius 1 is 1.39 bits per heavy atom. The molecule has 1 aliphatic rings. The highest BCUT2D eigenvalue weighted by molar-refractivity contribution is 5.94. The van der Waals surface area contributed by atoms with Crippen LogP contribution in [0.5, 0.6) is 0 Å². The average molecular weight is 311 g/mol. The lowest BCUT2D eigenvalue weighted by Crippen LogP contribution is -2.46. The molecule has 1 aromatic heterocycles. The zero-order valence-electron chi connectivity index (χ0n) is 12.8. The maximum atomic E-state index is 12.2. The monoisotopic (exact) mass is 311 g/mol. The first kappa shape index (κ1) is 15.1. The molecule has 0 saturated carbocycles. The van der Waals surface area contributed by atoms with Gasteiger partial charge in [-0.3, -0.25) is 9.48 Å². The summed E-state index contributed by atoms with van der Waals surface area (Å²) in [5, 5.41) is 15.9. The lowest BCUT2D eigenvalue weighted by molar-refractivity contribution is -0.131. The fourth-order valence-electron chi connectivity index (χ4n) is 2.44. The van der Waals surface area contributed by atoms with Crippen LogP contribution in [0, 0.1) is 11.5 Å². The molecule has 0 spiro atoms. The van der Waals surface area contributed by atoms with Gasteiger partial charge in [-0.1, -0.05) is 12.1 Å². The summed E-state index contributed by atoms with van der Waals surface area (Å²) < 4.78 is 7.17. The molecular weight excluding hydrogens is 294 g/mol. The van der Waals surface area contributed by atoms with Crippen LogP contribution in [0.3, 0.4) is 0 Å². The minimum atomic E-state index is -0.624. The van der Waals surface area contributed by atoms with Crippen molar-refractivity contribution < 1.29 is 9.53 Å². The smallest absolute Gasteiger partial charge is 0.255 e. The van der Waals surface area contributed by atoms with E-state index >= 15 is 0 Å². The van der Waals surface area contributed by atoms with Gasteiger partial charge in [-0.15, -0.1) is 0 Å². The first-order chi connectivity index (χ1) is 11.2. The summed E-state index contributed by atoms with van der Waals surface area (Å²) in [6.45, 7) is 1.20. The maximum absolute atomic E-state index is 12.2. The van der Waals surface area contributed by atoms with E-state index in [9.17, 15) is 4.79 Å². The van der Waals surface area contributed by atoms with Crippen LogP contribution in [0.4, 0.5) is 5.69 Å². The maximum Gasteiger partial charge on any atom is 0.255 e. The zero-order valence-corrected chi connectivity index (χ0v) is 12.8. The summed E-state index contributed by atoms with van der Waals surface area (Å²) >= 11 is 0.